The number of benzene rings is 1. The van der Waals surface area contributed by atoms with Crippen LogP contribution in [0.2, 0.25) is 0 Å². The lowest BCUT2D eigenvalue weighted by Crippen LogP contribution is -2.51. The van der Waals surface area contributed by atoms with Crippen LogP contribution in [0.3, 0.4) is 0 Å². The summed E-state index contributed by atoms with van der Waals surface area (Å²) in [6, 6.07) is 7.53. The van der Waals surface area contributed by atoms with Crippen molar-refractivity contribution in [1.82, 2.24) is 34.8 Å². The Kier molecular flexibility index (Phi) is 4.61. The molecular weight excluding hydrogens is 396 g/mol. The van der Waals surface area contributed by atoms with Crippen molar-refractivity contribution in [3.05, 3.63) is 41.9 Å². The highest BCUT2D eigenvalue weighted by Gasteiger charge is 2.30. The number of piperazine rings is 1. The molecule has 158 valence electrons. The molecule has 0 atom stereocenters. The van der Waals surface area contributed by atoms with E-state index >= 15 is 0 Å². The van der Waals surface area contributed by atoms with Crippen LogP contribution < -0.4 is 4.90 Å². The number of amides is 1. The first-order valence-electron chi connectivity index (χ1n) is 10.3. The van der Waals surface area contributed by atoms with E-state index in [0.717, 1.165) is 10.9 Å². The predicted octanol–water partition coefficient (Wildman–Crippen LogP) is 1.56. The zero-order valence-corrected chi connectivity index (χ0v) is 17.4. The predicted molar refractivity (Wildman–Crippen MR) is 115 cm³/mol. The normalized spacial score (nSPS) is 14.5. The van der Waals surface area contributed by atoms with Crippen LogP contribution in [0.4, 0.5) is 5.82 Å². The van der Waals surface area contributed by atoms with E-state index in [4.69, 9.17) is 0 Å². The summed E-state index contributed by atoms with van der Waals surface area (Å²) >= 11 is 0. The van der Waals surface area contributed by atoms with Crippen LogP contribution in [-0.4, -0.2) is 72.7 Å². The summed E-state index contributed by atoms with van der Waals surface area (Å²) in [6.07, 6.45) is 1.51. The molecule has 1 fully saturated rings. The number of nitrogens with one attached hydrogen (secondary N) is 1. The van der Waals surface area contributed by atoms with Crippen LogP contribution in [0.15, 0.2) is 30.6 Å². The van der Waals surface area contributed by atoms with Crippen LogP contribution in [0.5, 0.6) is 0 Å². The van der Waals surface area contributed by atoms with Gasteiger partial charge in [-0.15, -0.1) is 5.10 Å². The van der Waals surface area contributed by atoms with E-state index < -0.39 is 11.7 Å². The molecule has 0 radical (unpaired) electrons. The van der Waals surface area contributed by atoms with Gasteiger partial charge in [0.2, 0.25) is 0 Å². The standard InChI is InChI=1S/C21H22N8O2/c1-3-29-20-17(25-26-29)19(22-12-23-20)27-8-10-28(11-9-27)21(31)18(30)16-13(2)24-15-7-5-4-6-14(15)16/h4-7,12,24H,3,8-11H2,1-2H3. The number of aromatic nitrogens is 6. The van der Waals surface area contributed by atoms with Crippen molar-refractivity contribution in [1.29, 1.82) is 0 Å². The van der Waals surface area contributed by atoms with E-state index in [9.17, 15) is 9.59 Å². The highest BCUT2D eigenvalue weighted by Crippen LogP contribution is 2.24. The van der Waals surface area contributed by atoms with Gasteiger partial charge in [-0.3, -0.25) is 9.59 Å². The Morgan fingerprint density at radius 2 is 1.87 bits per heavy atom. The fourth-order valence-electron chi connectivity index (χ4n) is 4.17. The summed E-state index contributed by atoms with van der Waals surface area (Å²) in [7, 11) is 0. The van der Waals surface area contributed by atoms with Crippen LogP contribution >= 0.6 is 0 Å². The highest BCUT2D eigenvalue weighted by atomic mass is 16.2. The number of hydrogen-bond donors (Lipinski definition) is 1. The number of aryl methyl sites for hydroxylation is 2. The summed E-state index contributed by atoms with van der Waals surface area (Å²) < 4.78 is 1.72. The van der Waals surface area contributed by atoms with Gasteiger partial charge in [-0.1, -0.05) is 23.4 Å². The third-order valence-corrected chi connectivity index (χ3v) is 5.76. The van der Waals surface area contributed by atoms with Gasteiger partial charge in [-0.05, 0) is 19.9 Å². The van der Waals surface area contributed by atoms with Crippen molar-refractivity contribution in [3.63, 3.8) is 0 Å². The second-order valence-corrected chi connectivity index (χ2v) is 7.55. The molecule has 1 aliphatic rings. The molecule has 1 amide bonds. The van der Waals surface area contributed by atoms with E-state index in [1.807, 2.05) is 38.1 Å². The van der Waals surface area contributed by atoms with Gasteiger partial charge in [-0.25, -0.2) is 14.6 Å². The minimum atomic E-state index is -0.475. The highest BCUT2D eigenvalue weighted by molar-refractivity contribution is 6.45. The molecule has 4 aromatic rings. The number of carbonyl (C=O) groups is 2. The molecule has 0 aliphatic carbocycles. The molecule has 3 aromatic heterocycles. The third kappa shape index (κ3) is 3.11. The minimum absolute atomic E-state index is 0.430. The molecule has 31 heavy (non-hydrogen) atoms. The molecule has 5 rings (SSSR count). The summed E-state index contributed by atoms with van der Waals surface area (Å²) in [4.78, 5) is 41.6. The number of ketones is 1. The van der Waals surface area contributed by atoms with Crippen molar-refractivity contribution >= 4 is 39.6 Å². The fourth-order valence-corrected chi connectivity index (χ4v) is 4.17. The van der Waals surface area contributed by atoms with Gasteiger partial charge in [0.1, 0.15) is 6.33 Å². The molecule has 1 saturated heterocycles. The van der Waals surface area contributed by atoms with Crippen LogP contribution in [0.1, 0.15) is 23.0 Å². The van der Waals surface area contributed by atoms with E-state index in [2.05, 4.69) is 30.2 Å². The topological polar surface area (TPSA) is 113 Å². The first kappa shape index (κ1) is 19.2. The lowest BCUT2D eigenvalue weighted by atomic mass is 10.1. The molecule has 0 bridgehead atoms. The summed E-state index contributed by atoms with van der Waals surface area (Å²) in [6.45, 7) is 6.44. The maximum absolute atomic E-state index is 13.0. The third-order valence-electron chi connectivity index (χ3n) is 5.76. The van der Waals surface area contributed by atoms with E-state index in [-0.39, 0.29) is 0 Å². The number of hydrogen-bond acceptors (Lipinski definition) is 7. The van der Waals surface area contributed by atoms with Crippen molar-refractivity contribution in [2.45, 2.75) is 20.4 Å². The molecule has 10 heteroatoms. The maximum Gasteiger partial charge on any atom is 0.295 e. The first-order valence-corrected chi connectivity index (χ1v) is 10.3. The Bertz CT molecular complexity index is 1300. The number of anilines is 1. The molecule has 1 aliphatic heterocycles. The number of carbonyl (C=O) groups excluding carboxylic acids is 2. The Hall–Kier alpha value is -3.82. The molecular formula is C21H22N8O2. The number of Topliss-reactive ketones (excluding diaryl/α,β-unsaturated/α-hetero) is 1. The Morgan fingerprint density at radius 1 is 1.10 bits per heavy atom. The minimum Gasteiger partial charge on any atom is -0.358 e. The summed E-state index contributed by atoms with van der Waals surface area (Å²) in [5.74, 6) is -0.244. The van der Waals surface area contributed by atoms with Crippen LogP contribution in [0, 0.1) is 6.92 Å². The molecule has 1 aromatic carbocycles. The molecule has 0 unspecified atom stereocenters. The van der Waals surface area contributed by atoms with Crippen LogP contribution in [-0.2, 0) is 11.3 Å². The van der Waals surface area contributed by atoms with Gasteiger partial charge in [0.15, 0.2) is 17.0 Å². The number of aromatic amines is 1. The van der Waals surface area contributed by atoms with Gasteiger partial charge in [-0.2, -0.15) is 0 Å². The zero-order chi connectivity index (χ0) is 21.5. The maximum atomic E-state index is 13.0. The lowest BCUT2D eigenvalue weighted by molar-refractivity contribution is -0.126. The SMILES string of the molecule is CCn1nnc2c(N3CCN(C(=O)C(=O)c4c(C)[nH]c5ccccc45)CC3)ncnc21. The quantitative estimate of drug-likeness (QED) is 0.395. The number of fused-ring (bicyclic) bond motifs is 2. The number of rotatable bonds is 4. The Morgan fingerprint density at radius 3 is 2.65 bits per heavy atom. The summed E-state index contributed by atoms with van der Waals surface area (Å²) in [5.41, 5.74) is 3.36. The summed E-state index contributed by atoms with van der Waals surface area (Å²) in [5, 5.41) is 9.13. The Labute approximate surface area is 177 Å². The zero-order valence-electron chi connectivity index (χ0n) is 17.4. The molecule has 0 saturated carbocycles. The molecule has 0 spiro atoms. The second-order valence-electron chi connectivity index (χ2n) is 7.55. The average molecular weight is 418 g/mol. The second kappa shape index (κ2) is 7.46. The number of nitrogens with zero attached hydrogens (tertiary/aromatic N) is 7. The van der Waals surface area contributed by atoms with Gasteiger partial charge >= 0.3 is 0 Å². The van der Waals surface area contributed by atoms with Gasteiger partial charge in [0.05, 0.1) is 5.56 Å². The van der Waals surface area contributed by atoms with Crippen molar-refractivity contribution < 1.29 is 9.59 Å². The first-order chi connectivity index (χ1) is 15.1. The molecule has 4 heterocycles. The fraction of sp³-hybridized carbons (Fsp3) is 0.333. The van der Waals surface area contributed by atoms with Gasteiger partial charge < -0.3 is 14.8 Å². The van der Waals surface area contributed by atoms with Crippen molar-refractivity contribution in [3.8, 4) is 0 Å². The van der Waals surface area contributed by atoms with E-state index in [1.54, 1.807) is 9.58 Å². The number of para-hydroxylation sites is 1. The monoisotopic (exact) mass is 418 g/mol. The molecule has 10 nitrogen and oxygen atoms in total. The van der Waals surface area contributed by atoms with Gasteiger partial charge in [0, 0.05) is 49.3 Å². The largest absolute Gasteiger partial charge is 0.358 e. The van der Waals surface area contributed by atoms with Gasteiger partial charge in [0.25, 0.3) is 11.7 Å². The van der Waals surface area contributed by atoms with E-state index in [0.29, 0.717) is 61.0 Å². The van der Waals surface area contributed by atoms with E-state index in [1.165, 1.54) is 6.33 Å². The van der Waals surface area contributed by atoms with Crippen molar-refractivity contribution in [2.75, 3.05) is 31.1 Å². The molecule has 1 N–H and O–H groups in total. The van der Waals surface area contributed by atoms with Crippen LogP contribution in [0.25, 0.3) is 22.1 Å². The lowest BCUT2D eigenvalue weighted by Gasteiger charge is -2.34. The number of H-pyrrole nitrogens is 1. The average Bonchev–Trinajstić information content (AvgIpc) is 3.38. The Balaban J connectivity index is 1.34. The smallest absolute Gasteiger partial charge is 0.295 e. The van der Waals surface area contributed by atoms with Crippen molar-refractivity contribution in [2.24, 2.45) is 0 Å².